The Morgan fingerprint density at radius 3 is 2.04 bits per heavy atom. The molecule has 0 fully saturated rings. The predicted molar refractivity (Wildman–Crippen MR) is 105 cm³/mol. The van der Waals surface area contributed by atoms with Gasteiger partial charge < -0.3 is 5.32 Å². The van der Waals surface area contributed by atoms with Crippen molar-refractivity contribution in [2.24, 2.45) is 0 Å². The molecule has 0 aliphatic rings. The molecule has 0 atom stereocenters. The van der Waals surface area contributed by atoms with Gasteiger partial charge in [-0.1, -0.05) is 83.4 Å². The van der Waals surface area contributed by atoms with Gasteiger partial charge in [0.15, 0.2) is 0 Å². The normalized spacial score (nSPS) is 10.6. The average Bonchev–Trinajstić information content (AvgIpc) is 2.61. The second-order valence-electron chi connectivity index (χ2n) is 6.55. The number of nitrogens with zero attached hydrogens (tertiary/aromatic N) is 1. The largest absolute Gasteiger partial charge is 0.338 e. The Hall–Kier alpha value is -1.51. The molecular formula is C21H36N2O. The van der Waals surface area contributed by atoms with Crippen LogP contribution in [-0.2, 0) is 0 Å². The summed E-state index contributed by atoms with van der Waals surface area (Å²) in [6, 6.07) is 10.1. The van der Waals surface area contributed by atoms with E-state index in [1.165, 1.54) is 51.4 Å². The lowest BCUT2D eigenvalue weighted by atomic mass is 10.1. The highest BCUT2D eigenvalue weighted by Gasteiger charge is 2.14. The van der Waals surface area contributed by atoms with E-state index in [1.807, 2.05) is 35.2 Å². The van der Waals surface area contributed by atoms with Crippen LogP contribution < -0.4 is 10.2 Å². The van der Waals surface area contributed by atoms with Gasteiger partial charge in [0.05, 0.1) is 0 Å². The van der Waals surface area contributed by atoms with Crippen LogP contribution in [0.2, 0.25) is 0 Å². The molecule has 3 heteroatoms. The first-order chi connectivity index (χ1) is 11.8. The molecule has 0 saturated carbocycles. The van der Waals surface area contributed by atoms with Crippen molar-refractivity contribution in [3.63, 3.8) is 0 Å². The fourth-order valence-corrected chi connectivity index (χ4v) is 2.85. The van der Waals surface area contributed by atoms with Gasteiger partial charge in [-0.3, -0.25) is 4.90 Å². The van der Waals surface area contributed by atoms with Crippen molar-refractivity contribution in [1.82, 2.24) is 5.32 Å². The van der Waals surface area contributed by atoms with Crippen LogP contribution in [0.25, 0.3) is 0 Å². The number of amides is 2. The smallest absolute Gasteiger partial charge is 0.321 e. The number of carbonyl (C=O) groups is 1. The van der Waals surface area contributed by atoms with E-state index in [1.54, 1.807) is 0 Å². The molecule has 0 heterocycles. The molecule has 1 rings (SSSR count). The molecule has 0 aliphatic carbocycles. The number of nitrogens with one attached hydrogen (secondary N) is 1. The third-order valence-electron chi connectivity index (χ3n) is 4.35. The van der Waals surface area contributed by atoms with Crippen molar-refractivity contribution in [3.8, 4) is 0 Å². The summed E-state index contributed by atoms with van der Waals surface area (Å²) in [6.45, 7) is 6.03. The number of benzene rings is 1. The van der Waals surface area contributed by atoms with Crippen molar-refractivity contribution in [2.45, 2.75) is 78.1 Å². The van der Waals surface area contributed by atoms with Gasteiger partial charge in [0.25, 0.3) is 0 Å². The van der Waals surface area contributed by atoms with Crippen LogP contribution in [-0.4, -0.2) is 19.1 Å². The van der Waals surface area contributed by atoms with Crippen molar-refractivity contribution in [2.75, 3.05) is 18.0 Å². The Balaban J connectivity index is 2.41. The Kier molecular flexibility index (Phi) is 11.9. The molecule has 0 bridgehead atoms. The van der Waals surface area contributed by atoms with Crippen LogP contribution in [0.5, 0.6) is 0 Å². The minimum atomic E-state index is 0.0483. The number of urea groups is 1. The Morgan fingerprint density at radius 1 is 0.833 bits per heavy atom. The van der Waals surface area contributed by atoms with Gasteiger partial charge in [0.2, 0.25) is 0 Å². The molecule has 3 nitrogen and oxygen atoms in total. The Morgan fingerprint density at radius 2 is 1.42 bits per heavy atom. The standard InChI is InChI=1S/C21H36N2O/c1-3-5-7-9-14-18-22-21(24)23(19-15-10-8-6-4-2)20-16-12-11-13-17-20/h11-13,16-17H,3-10,14-15,18-19H2,1-2H3,(H,22,24). The zero-order valence-corrected chi connectivity index (χ0v) is 15.7. The maximum atomic E-state index is 12.6. The Bertz CT molecular complexity index is 419. The van der Waals surface area contributed by atoms with Crippen LogP contribution in [0.1, 0.15) is 78.1 Å². The number of carbonyl (C=O) groups excluding carboxylic acids is 1. The highest BCUT2D eigenvalue weighted by molar-refractivity contribution is 5.91. The van der Waals surface area contributed by atoms with Crippen molar-refractivity contribution in [1.29, 1.82) is 0 Å². The summed E-state index contributed by atoms with van der Waals surface area (Å²) < 4.78 is 0. The van der Waals surface area contributed by atoms with Crippen molar-refractivity contribution < 1.29 is 4.79 Å². The van der Waals surface area contributed by atoms with E-state index in [4.69, 9.17) is 0 Å². The highest BCUT2D eigenvalue weighted by Crippen LogP contribution is 2.15. The monoisotopic (exact) mass is 332 g/mol. The van der Waals surface area contributed by atoms with Gasteiger partial charge in [-0.2, -0.15) is 0 Å². The van der Waals surface area contributed by atoms with Gasteiger partial charge in [-0.25, -0.2) is 4.79 Å². The van der Waals surface area contributed by atoms with Crippen LogP contribution >= 0.6 is 0 Å². The second kappa shape index (κ2) is 13.9. The van der Waals surface area contributed by atoms with Crippen LogP contribution in [0.4, 0.5) is 10.5 Å². The summed E-state index contributed by atoms with van der Waals surface area (Å²) in [4.78, 5) is 14.5. The van der Waals surface area contributed by atoms with Crippen molar-refractivity contribution in [3.05, 3.63) is 30.3 Å². The number of para-hydroxylation sites is 1. The lowest BCUT2D eigenvalue weighted by molar-refractivity contribution is 0.246. The van der Waals surface area contributed by atoms with Crippen LogP contribution in [0.15, 0.2) is 30.3 Å². The number of hydrogen-bond acceptors (Lipinski definition) is 1. The van der Waals surface area contributed by atoms with Gasteiger partial charge in [-0.15, -0.1) is 0 Å². The summed E-state index contributed by atoms with van der Waals surface area (Å²) in [5.41, 5.74) is 0.997. The maximum absolute atomic E-state index is 12.6. The minimum absolute atomic E-state index is 0.0483. The molecule has 0 radical (unpaired) electrons. The molecular weight excluding hydrogens is 296 g/mol. The summed E-state index contributed by atoms with van der Waals surface area (Å²) >= 11 is 0. The predicted octanol–water partition coefficient (Wildman–Crippen LogP) is 6.14. The first-order valence-corrected chi connectivity index (χ1v) is 9.90. The van der Waals surface area contributed by atoms with E-state index in [2.05, 4.69) is 19.2 Å². The van der Waals surface area contributed by atoms with E-state index in [0.717, 1.165) is 31.6 Å². The summed E-state index contributed by atoms with van der Waals surface area (Å²) in [5, 5.41) is 3.10. The third kappa shape index (κ3) is 8.95. The van der Waals surface area contributed by atoms with Crippen LogP contribution in [0.3, 0.4) is 0 Å². The number of unbranched alkanes of at least 4 members (excludes halogenated alkanes) is 8. The second-order valence-corrected chi connectivity index (χ2v) is 6.55. The molecule has 0 unspecified atom stereocenters. The molecule has 1 N–H and O–H groups in total. The first kappa shape index (κ1) is 20.5. The average molecular weight is 333 g/mol. The van der Waals surface area contributed by atoms with Gasteiger partial charge in [-0.05, 0) is 25.0 Å². The molecule has 0 aliphatic heterocycles. The van der Waals surface area contributed by atoms with Gasteiger partial charge >= 0.3 is 6.03 Å². The molecule has 0 spiro atoms. The molecule has 2 amide bonds. The van der Waals surface area contributed by atoms with Crippen molar-refractivity contribution >= 4 is 11.7 Å². The summed E-state index contributed by atoms with van der Waals surface area (Å²) in [6.07, 6.45) is 12.2. The van der Waals surface area contributed by atoms with Gasteiger partial charge in [0, 0.05) is 18.8 Å². The topological polar surface area (TPSA) is 32.3 Å². The van der Waals surface area contributed by atoms with E-state index < -0.39 is 0 Å². The lowest BCUT2D eigenvalue weighted by Gasteiger charge is -2.23. The molecule has 1 aromatic rings. The van der Waals surface area contributed by atoms with E-state index in [-0.39, 0.29) is 6.03 Å². The van der Waals surface area contributed by atoms with E-state index >= 15 is 0 Å². The maximum Gasteiger partial charge on any atom is 0.321 e. The SMILES string of the molecule is CCCCCCCNC(=O)N(CCCCCCC)c1ccccc1. The van der Waals surface area contributed by atoms with E-state index in [9.17, 15) is 4.79 Å². The number of rotatable bonds is 13. The van der Waals surface area contributed by atoms with E-state index in [0.29, 0.717) is 0 Å². The van der Waals surface area contributed by atoms with Crippen LogP contribution in [0, 0.1) is 0 Å². The highest BCUT2D eigenvalue weighted by atomic mass is 16.2. The molecule has 0 saturated heterocycles. The van der Waals surface area contributed by atoms with Gasteiger partial charge in [0.1, 0.15) is 0 Å². The molecule has 1 aromatic carbocycles. The third-order valence-corrected chi connectivity index (χ3v) is 4.35. The summed E-state index contributed by atoms with van der Waals surface area (Å²) in [5.74, 6) is 0. The fraction of sp³-hybridized carbons (Fsp3) is 0.667. The number of hydrogen-bond donors (Lipinski definition) is 1. The molecule has 0 aromatic heterocycles. The number of anilines is 1. The zero-order valence-electron chi connectivity index (χ0n) is 15.7. The molecule has 136 valence electrons. The summed E-state index contributed by atoms with van der Waals surface area (Å²) in [7, 11) is 0. The fourth-order valence-electron chi connectivity index (χ4n) is 2.85. The Labute approximate surface area is 148 Å². The zero-order chi connectivity index (χ0) is 17.5. The quantitative estimate of drug-likeness (QED) is 0.432. The lowest BCUT2D eigenvalue weighted by Crippen LogP contribution is -2.41. The minimum Gasteiger partial charge on any atom is -0.338 e. The molecule has 24 heavy (non-hydrogen) atoms. The first-order valence-electron chi connectivity index (χ1n) is 9.90.